The number of anilines is 1. The third kappa shape index (κ3) is 1.41. The molecule has 0 spiro atoms. The van der Waals surface area contributed by atoms with Gasteiger partial charge in [0.2, 0.25) is 0 Å². The smallest absolute Gasteiger partial charge is 0.162 e. The summed E-state index contributed by atoms with van der Waals surface area (Å²) in [7, 11) is 0. The number of Topliss-reactive ketones (excluding diaryl/α,β-unsaturated/α-hetero) is 1. The van der Waals surface area contributed by atoms with Crippen LogP contribution in [-0.2, 0) is 0 Å². The van der Waals surface area contributed by atoms with Crippen molar-refractivity contribution in [3.63, 3.8) is 0 Å². The maximum atomic E-state index is 11.4. The topological polar surface area (TPSA) is 43.1 Å². The molecule has 1 aromatic rings. The molecule has 0 saturated carbocycles. The Morgan fingerprint density at radius 1 is 0.929 bits per heavy atom. The molecule has 76 valence electrons. The van der Waals surface area contributed by atoms with Gasteiger partial charge in [0.25, 0.3) is 0 Å². The average Bonchev–Trinajstić information content (AvgIpc) is 2.11. The molecule has 1 aromatic carbocycles. The highest BCUT2D eigenvalue weighted by atomic mass is 16.1. The van der Waals surface area contributed by atoms with Gasteiger partial charge in [0.05, 0.1) is 0 Å². The zero-order valence-corrected chi connectivity index (χ0v) is 9.49. The normalized spacial score (nSPS) is 10.4. The van der Waals surface area contributed by atoms with Crippen molar-refractivity contribution in [2.24, 2.45) is 0 Å². The van der Waals surface area contributed by atoms with E-state index in [1.165, 1.54) is 11.1 Å². The van der Waals surface area contributed by atoms with Crippen molar-refractivity contribution >= 4 is 11.5 Å². The number of carbonyl (C=O) groups excluding carboxylic acids is 1. The SMILES string of the molecule is CC(=O)c1c(C)c(C)c(C)c(C)c1N. The van der Waals surface area contributed by atoms with Gasteiger partial charge in [-0.15, -0.1) is 0 Å². The van der Waals surface area contributed by atoms with Crippen LogP contribution in [0.4, 0.5) is 5.69 Å². The van der Waals surface area contributed by atoms with Crippen LogP contribution in [0.15, 0.2) is 0 Å². The molecule has 0 amide bonds. The molecule has 0 aromatic heterocycles. The van der Waals surface area contributed by atoms with Gasteiger partial charge in [-0.05, 0) is 56.9 Å². The van der Waals surface area contributed by atoms with Crippen LogP contribution in [0, 0.1) is 27.7 Å². The largest absolute Gasteiger partial charge is 0.398 e. The fraction of sp³-hybridized carbons (Fsp3) is 0.417. The summed E-state index contributed by atoms with van der Waals surface area (Å²) >= 11 is 0. The molecule has 0 aliphatic carbocycles. The van der Waals surface area contributed by atoms with Crippen molar-refractivity contribution in [3.05, 3.63) is 27.8 Å². The van der Waals surface area contributed by atoms with E-state index >= 15 is 0 Å². The van der Waals surface area contributed by atoms with E-state index in [0.29, 0.717) is 11.3 Å². The Kier molecular flexibility index (Phi) is 2.65. The standard InChI is InChI=1S/C12H17NO/c1-6-7(2)9(4)12(13)11(8(6)3)10(5)14/h13H2,1-5H3. The van der Waals surface area contributed by atoms with Gasteiger partial charge in [-0.2, -0.15) is 0 Å². The van der Waals surface area contributed by atoms with E-state index in [9.17, 15) is 4.79 Å². The molecule has 2 N–H and O–H groups in total. The Bertz CT molecular complexity index is 376. The second-order valence-electron chi connectivity index (χ2n) is 3.84. The van der Waals surface area contributed by atoms with Gasteiger partial charge >= 0.3 is 0 Å². The molecule has 1 rings (SSSR count). The lowest BCUT2D eigenvalue weighted by Gasteiger charge is -2.16. The Labute approximate surface area is 85.1 Å². The van der Waals surface area contributed by atoms with Gasteiger partial charge in [0.1, 0.15) is 0 Å². The predicted octanol–water partition coefficient (Wildman–Crippen LogP) is 2.71. The van der Waals surface area contributed by atoms with Crippen molar-refractivity contribution in [2.75, 3.05) is 5.73 Å². The first kappa shape index (κ1) is 10.8. The molecule has 14 heavy (non-hydrogen) atoms. The van der Waals surface area contributed by atoms with Crippen molar-refractivity contribution < 1.29 is 4.79 Å². The van der Waals surface area contributed by atoms with Crippen LogP contribution in [-0.4, -0.2) is 5.78 Å². The molecule has 2 nitrogen and oxygen atoms in total. The Morgan fingerprint density at radius 3 is 1.79 bits per heavy atom. The fourth-order valence-electron chi connectivity index (χ4n) is 1.80. The Morgan fingerprint density at radius 2 is 1.36 bits per heavy atom. The molecule has 0 fully saturated rings. The van der Waals surface area contributed by atoms with Crippen LogP contribution >= 0.6 is 0 Å². The summed E-state index contributed by atoms with van der Waals surface area (Å²) in [6, 6.07) is 0. The minimum Gasteiger partial charge on any atom is -0.398 e. The van der Waals surface area contributed by atoms with Crippen LogP contribution < -0.4 is 5.73 Å². The quantitative estimate of drug-likeness (QED) is 0.548. The number of hydrogen-bond donors (Lipinski definition) is 1. The summed E-state index contributed by atoms with van der Waals surface area (Å²) < 4.78 is 0. The molecular weight excluding hydrogens is 174 g/mol. The number of rotatable bonds is 1. The van der Waals surface area contributed by atoms with Crippen LogP contribution in [0.3, 0.4) is 0 Å². The van der Waals surface area contributed by atoms with Crippen molar-refractivity contribution in [3.8, 4) is 0 Å². The summed E-state index contributed by atoms with van der Waals surface area (Å²) in [6.45, 7) is 9.55. The van der Waals surface area contributed by atoms with E-state index in [0.717, 1.165) is 11.1 Å². The van der Waals surface area contributed by atoms with E-state index in [4.69, 9.17) is 5.73 Å². The van der Waals surface area contributed by atoms with Crippen molar-refractivity contribution in [1.82, 2.24) is 0 Å². The number of nitrogen functional groups attached to an aromatic ring is 1. The van der Waals surface area contributed by atoms with Gasteiger partial charge in [-0.1, -0.05) is 0 Å². The molecule has 0 heterocycles. The number of ketones is 1. The predicted molar refractivity (Wildman–Crippen MR) is 59.8 cm³/mol. The average molecular weight is 191 g/mol. The number of carbonyl (C=O) groups is 1. The van der Waals surface area contributed by atoms with Crippen LogP contribution in [0.2, 0.25) is 0 Å². The number of hydrogen-bond acceptors (Lipinski definition) is 2. The Balaban J connectivity index is 3.68. The lowest BCUT2D eigenvalue weighted by atomic mass is 9.91. The van der Waals surface area contributed by atoms with Gasteiger partial charge in [0, 0.05) is 11.3 Å². The van der Waals surface area contributed by atoms with Crippen LogP contribution in [0.25, 0.3) is 0 Å². The van der Waals surface area contributed by atoms with Crippen molar-refractivity contribution in [2.45, 2.75) is 34.6 Å². The highest BCUT2D eigenvalue weighted by Crippen LogP contribution is 2.28. The molecule has 0 bridgehead atoms. The lowest BCUT2D eigenvalue weighted by Crippen LogP contribution is -2.08. The third-order valence-corrected chi connectivity index (χ3v) is 3.09. The number of nitrogens with two attached hydrogens (primary N) is 1. The fourth-order valence-corrected chi connectivity index (χ4v) is 1.80. The summed E-state index contributed by atoms with van der Waals surface area (Å²) in [6.07, 6.45) is 0. The second kappa shape index (κ2) is 3.45. The molecular formula is C12H17NO. The summed E-state index contributed by atoms with van der Waals surface area (Å²) in [5.41, 5.74) is 11.6. The lowest BCUT2D eigenvalue weighted by molar-refractivity contribution is 0.101. The Hall–Kier alpha value is -1.31. The second-order valence-corrected chi connectivity index (χ2v) is 3.84. The summed E-state index contributed by atoms with van der Waals surface area (Å²) in [5, 5.41) is 0. The summed E-state index contributed by atoms with van der Waals surface area (Å²) in [4.78, 5) is 11.4. The van der Waals surface area contributed by atoms with Crippen LogP contribution in [0.1, 0.15) is 39.5 Å². The minimum atomic E-state index is 0.0474. The van der Waals surface area contributed by atoms with Gasteiger partial charge < -0.3 is 5.73 Å². The number of benzene rings is 1. The zero-order valence-electron chi connectivity index (χ0n) is 9.49. The molecule has 0 aliphatic rings. The third-order valence-electron chi connectivity index (χ3n) is 3.09. The minimum absolute atomic E-state index is 0.0474. The molecule has 0 unspecified atom stereocenters. The molecule has 0 radical (unpaired) electrons. The van der Waals surface area contributed by atoms with E-state index in [-0.39, 0.29) is 5.78 Å². The zero-order chi connectivity index (χ0) is 11.0. The highest BCUT2D eigenvalue weighted by Gasteiger charge is 2.15. The molecule has 0 atom stereocenters. The highest BCUT2D eigenvalue weighted by molar-refractivity contribution is 6.01. The molecule has 0 aliphatic heterocycles. The van der Waals surface area contributed by atoms with E-state index < -0.39 is 0 Å². The first-order valence-corrected chi connectivity index (χ1v) is 4.74. The maximum Gasteiger partial charge on any atom is 0.162 e. The van der Waals surface area contributed by atoms with Crippen LogP contribution in [0.5, 0.6) is 0 Å². The van der Waals surface area contributed by atoms with E-state index in [1.54, 1.807) is 6.92 Å². The first-order chi connectivity index (χ1) is 6.37. The van der Waals surface area contributed by atoms with Crippen molar-refractivity contribution in [1.29, 1.82) is 0 Å². The molecule has 2 heteroatoms. The van der Waals surface area contributed by atoms with Gasteiger partial charge in [-0.25, -0.2) is 0 Å². The van der Waals surface area contributed by atoms with E-state index in [2.05, 4.69) is 0 Å². The van der Waals surface area contributed by atoms with Gasteiger partial charge in [-0.3, -0.25) is 4.79 Å². The summed E-state index contributed by atoms with van der Waals surface area (Å²) in [5.74, 6) is 0.0474. The molecule has 0 saturated heterocycles. The maximum absolute atomic E-state index is 11.4. The first-order valence-electron chi connectivity index (χ1n) is 4.74. The van der Waals surface area contributed by atoms with Gasteiger partial charge in [0.15, 0.2) is 5.78 Å². The monoisotopic (exact) mass is 191 g/mol. The van der Waals surface area contributed by atoms with E-state index in [1.807, 2.05) is 27.7 Å².